The van der Waals surface area contributed by atoms with Gasteiger partial charge < -0.3 is 4.90 Å². The van der Waals surface area contributed by atoms with Crippen molar-refractivity contribution in [2.45, 2.75) is 0 Å². The summed E-state index contributed by atoms with van der Waals surface area (Å²) in [6.07, 6.45) is 0. The summed E-state index contributed by atoms with van der Waals surface area (Å²) >= 11 is 0. The van der Waals surface area contributed by atoms with E-state index in [0.29, 0.717) is 5.69 Å². The summed E-state index contributed by atoms with van der Waals surface area (Å²) in [4.78, 5) is 22.2. The number of nitro groups is 2. The van der Waals surface area contributed by atoms with Crippen molar-refractivity contribution in [1.82, 2.24) is 0 Å². The molecule has 2 rings (SSSR count). The fourth-order valence-electron chi connectivity index (χ4n) is 1.79. The Bertz CT molecular complexity index is 771. The largest absolute Gasteiger partial charge is 0.378 e. The third kappa shape index (κ3) is 3.84. The molecule has 9 heteroatoms. The molecule has 0 aliphatic rings. The topological polar surface area (TPSA) is 114 Å². The van der Waals surface area contributed by atoms with Crippen molar-refractivity contribution < 1.29 is 9.85 Å². The lowest BCUT2D eigenvalue weighted by Gasteiger charge is -2.11. The van der Waals surface area contributed by atoms with Crippen LogP contribution in [0.25, 0.3) is 0 Å². The van der Waals surface area contributed by atoms with Crippen molar-refractivity contribution in [2.24, 2.45) is 10.2 Å². The van der Waals surface area contributed by atoms with Gasteiger partial charge in [-0.3, -0.25) is 20.2 Å². The van der Waals surface area contributed by atoms with Crippen molar-refractivity contribution in [3.8, 4) is 0 Å². The average molecular weight is 315 g/mol. The molecule has 0 radical (unpaired) electrons. The van der Waals surface area contributed by atoms with E-state index in [-0.39, 0.29) is 11.4 Å². The highest BCUT2D eigenvalue weighted by molar-refractivity contribution is 5.62. The van der Waals surface area contributed by atoms with E-state index in [2.05, 4.69) is 10.2 Å². The Balaban J connectivity index is 2.31. The SMILES string of the molecule is CN(C)c1ccc(N=Nc2ccc([N+](=O)[O-])cc2[N+](=O)[O-])cc1. The quantitative estimate of drug-likeness (QED) is 0.470. The van der Waals surface area contributed by atoms with Crippen LogP contribution in [0.2, 0.25) is 0 Å². The Morgan fingerprint density at radius 3 is 2.09 bits per heavy atom. The molecule has 0 amide bonds. The Morgan fingerprint density at radius 2 is 1.57 bits per heavy atom. The molecule has 0 aromatic heterocycles. The molecule has 2 aromatic rings. The van der Waals surface area contributed by atoms with Crippen molar-refractivity contribution >= 4 is 28.4 Å². The highest BCUT2D eigenvalue weighted by Gasteiger charge is 2.19. The molecule has 118 valence electrons. The van der Waals surface area contributed by atoms with E-state index in [1.54, 1.807) is 12.1 Å². The summed E-state index contributed by atoms with van der Waals surface area (Å²) in [6.45, 7) is 0. The van der Waals surface area contributed by atoms with E-state index in [1.807, 2.05) is 31.1 Å². The van der Waals surface area contributed by atoms with Crippen LogP contribution in [0.1, 0.15) is 0 Å². The van der Waals surface area contributed by atoms with Crippen LogP contribution < -0.4 is 4.90 Å². The Kier molecular flexibility index (Phi) is 4.60. The first-order valence-electron chi connectivity index (χ1n) is 6.50. The van der Waals surface area contributed by atoms with Crippen LogP contribution in [0.5, 0.6) is 0 Å². The van der Waals surface area contributed by atoms with E-state index in [1.165, 1.54) is 6.07 Å². The molecule has 0 atom stereocenters. The minimum Gasteiger partial charge on any atom is -0.378 e. The van der Waals surface area contributed by atoms with E-state index in [9.17, 15) is 20.2 Å². The molecule has 0 saturated heterocycles. The molecule has 9 nitrogen and oxygen atoms in total. The highest BCUT2D eigenvalue weighted by atomic mass is 16.6. The first-order chi connectivity index (χ1) is 10.9. The maximum absolute atomic E-state index is 11.0. The molecule has 0 unspecified atom stereocenters. The van der Waals surface area contributed by atoms with Gasteiger partial charge in [0.2, 0.25) is 0 Å². The van der Waals surface area contributed by atoms with Crippen LogP contribution in [-0.2, 0) is 0 Å². The van der Waals surface area contributed by atoms with Crippen LogP contribution in [0.4, 0.5) is 28.4 Å². The monoisotopic (exact) mass is 315 g/mol. The molecule has 0 N–H and O–H groups in total. The van der Waals surface area contributed by atoms with E-state index in [4.69, 9.17) is 0 Å². The third-order valence-electron chi connectivity index (χ3n) is 3.01. The summed E-state index contributed by atoms with van der Waals surface area (Å²) in [7, 11) is 3.80. The molecule has 0 aliphatic heterocycles. The summed E-state index contributed by atoms with van der Waals surface area (Å²) in [5.74, 6) is 0. The van der Waals surface area contributed by atoms with Gasteiger partial charge in [-0.25, -0.2) is 0 Å². The number of nitrogens with zero attached hydrogens (tertiary/aromatic N) is 5. The number of nitro benzene ring substituents is 2. The molecule has 23 heavy (non-hydrogen) atoms. The van der Waals surface area contributed by atoms with Crippen LogP contribution in [0.15, 0.2) is 52.7 Å². The molecule has 0 saturated carbocycles. The second-order valence-electron chi connectivity index (χ2n) is 4.80. The lowest BCUT2D eigenvalue weighted by atomic mass is 10.2. The molecule has 0 fully saturated rings. The Labute approximate surface area is 131 Å². The maximum Gasteiger partial charge on any atom is 0.303 e. The smallest absolute Gasteiger partial charge is 0.303 e. The van der Waals surface area contributed by atoms with Crippen molar-refractivity contribution in [3.63, 3.8) is 0 Å². The molecule has 2 aromatic carbocycles. The summed E-state index contributed by atoms with van der Waals surface area (Å²) in [6, 6.07) is 10.3. The normalized spacial score (nSPS) is 10.7. The second-order valence-corrected chi connectivity index (χ2v) is 4.80. The fraction of sp³-hybridized carbons (Fsp3) is 0.143. The lowest BCUT2D eigenvalue weighted by Crippen LogP contribution is -2.07. The van der Waals surface area contributed by atoms with Gasteiger partial charge >= 0.3 is 5.69 Å². The molecular weight excluding hydrogens is 302 g/mol. The number of non-ortho nitro benzene ring substituents is 1. The number of anilines is 1. The number of rotatable bonds is 5. The molecule has 0 heterocycles. The Morgan fingerprint density at radius 1 is 0.913 bits per heavy atom. The van der Waals surface area contributed by atoms with Crippen LogP contribution in [-0.4, -0.2) is 23.9 Å². The highest BCUT2D eigenvalue weighted by Crippen LogP contribution is 2.32. The van der Waals surface area contributed by atoms with Crippen LogP contribution in [0.3, 0.4) is 0 Å². The zero-order chi connectivity index (χ0) is 17.0. The van der Waals surface area contributed by atoms with E-state index < -0.39 is 15.5 Å². The van der Waals surface area contributed by atoms with Gasteiger partial charge in [-0.2, -0.15) is 5.11 Å². The van der Waals surface area contributed by atoms with Gasteiger partial charge in [-0.15, -0.1) is 5.11 Å². The summed E-state index contributed by atoms with van der Waals surface area (Å²) in [5.41, 5.74) is 0.615. The number of benzene rings is 2. The van der Waals surface area contributed by atoms with Gasteiger partial charge in [-0.1, -0.05) is 0 Å². The minimum absolute atomic E-state index is 0.0442. The molecule has 0 bridgehead atoms. The first kappa shape index (κ1) is 16.0. The lowest BCUT2D eigenvalue weighted by molar-refractivity contribution is -0.393. The fourth-order valence-corrected chi connectivity index (χ4v) is 1.79. The first-order valence-corrected chi connectivity index (χ1v) is 6.50. The van der Waals surface area contributed by atoms with Gasteiger partial charge in [0.15, 0.2) is 5.69 Å². The van der Waals surface area contributed by atoms with Gasteiger partial charge in [0.05, 0.1) is 21.6 Å². The Hall–Kier alpha value is -3.36. The predicted octanol–water partition coefficient (Wildman–Crippen LogP) is 3.98. The van der Waals surface area contributed by atoms with Gasteiger partial charge in [0.1, 0.15) is 0 Å². The zero-order valence-corrected chi connectivity index (χ0v) is 12.4. The van der Waals surface area contributed by atoms with E-state index >= 15 is 0 Å². The summed E-state index contributed by atoms with van der Waals surface area (Å²) in [5, 5.41) is 29.4. The van der Waals surface area contributed by atoms with Crippen LogP contribution >= 0.6 is 0 Å². The van der Waals surface area contributed by atoms with Gasteiger partial charge in [-0.05, 0) is 30.3 Å². The van der Waals surface area contributed by atoms with E-state index in [0.717, 1.165) is 17.8 Å². The molecule has 0 spiro atoms. The number of hydrogen-bond acceptors (Lipinski definition) is 7. The van der Waals surface area contributed by atoms with Crippen molar-refractivity contribution in [2.75, 3.05) is 19.0 Å². The predicted molar refractivity (Wildman–Crippen MR) is 84.7 cm³/mol. The number of hydrogen-bond donors (Lipinski definition) is 0. The molecule has 0 aliphatic carbocycles. The minimum atomic E-state index is -0.726. The zero-order valence-electron chi connectivity index (χ0n) is 12.4. The van der Waals surface area contributed by atoms with Crippen LogP contribution in [0, 0.1) is 20.2 Å². The summed E-state index contributed by atoms with van der Waals surface area (Å²) < 4.78 is 0. The number of azo groups is 1. The molecular formula is C14H13N5O4. The third-order valence-corrected chi connectivity index (χ3v) is 3.01. The second kappa shape index (κ2) is 6.60. The van der Waals surface area contributed by atoms with Crippen molar-refractivity contribution in [3.05, 3.63) is 62.7 Å². The standard InChI is InChI=1S/C14H13N5O4/c1-17(2)11-5-3-10(4-6-11)15-16-13-8-7-12(18(20)21)9-14(13)19(22)23/h3-9H,1-2H3. The maximum atomic E-state index is 11.0. The average Bonchev–Trinajstić information content (AvgIpc) is 2.52. The van der Waals surface area contributed by atoms with Gasteiger partial charge in [0.25, 0.3) is 5.69 Å². The van der Waals surface area contributed by atoms with Crippen molar-refractivity contribution in [1.29, 1.82) is 0 Å². The van der Waals surface area contributed by atoms with Gasteiger partial charge in [0, 0.05) is 25.8 Å².